The molecule has 17 heavy (non-hydrogen) atoms. The Morgan fingerprint density at radius 3 is 2.71 bits per heavy atom. The van der Waals surface area contributed by atoms with Gasteiger partial charge in [-0.1, -0.05) is 30.3 Å². The van der Waals surface area contributed by atoms with E-state index in [4.69, 9.17) is 10.4 Å². The molecule has 0 aromatic heterocycles. The van der Waals surface area contributed by atoms with Crippen molar-refractivity contribution in [3.8, 4) is 6.07 Å². The lowest BCUT2D eigenvalue weighted by Gasteiger charge is -2.10. The quantitative estimate of drug-likeness (QED) is 0.755. The van der Waals surface area contributed by atoms with Gasteiger partial charge >= 0.3 is 5.97 Å². The van der Waals surface area contributed by atoms with Gasteiger partial charge in [-0.15, -0.1) is 11.8 Å². The molecule has 1 unspecified atom stereocenters. The zero-order valence-corrected chi connectivity index (χ0v) is 10.3. The zero-order chi connectivity index (χ0) is 12.5. The predicted octanol–water partition coefficient (Wildman–Crippen LogP) is 2.72. The standard InChI is InChI=1S/C13H15NO2S/c14-9-4-10-17-12(13(15)16)8-7-11-5-2-1-3-6-11/h1-3,5-6,12H,4,7-8,10H2,(H,15,16). The molecule has 0 radical (unpaired) electrons. The molecule has 3 nitrogen and oxygen atoms in total. The van der Waals surface area contributed by atoms with Crippen molar-refractivity contribution in [2.24, 2.45) is 0 Å². The highest BCUT2D eigenvalue weighted by Gasteiger charge is 2.17. The highest BCUT2D eigenvalue weighted by atomic mass is 32.2. The molecule has 0 amide bonds. The topological polar surface area (TPSA) is 61.1 Å². The molecule has 1 aromatic carbocycles. The van der Waals surface area contributed by atoms with Gasteiger partial charge in [-0.05, 0) is 18.4 Å². The number of hydrogen-bond acceptors (Lipinski definition) is 3. The van der Waals surface area contributed by atoms with Crippen molar-refractivity contribution in [1.82, 2.24) is 0 Å². The molecule has 1 aromatic rings. The maximum atomic E-state index is 11.0. The summed E-state index contributed by atoms with van der Waals surface area (Å²) in [5, 5.41) is 17.0. The van der Waals surface area contributed by atoms with Gasteiger partial charge in [0.05, 0.1) is 6.07 Å². The molecule has 0 saturated heterocycles. The number of benzene rings is 1. The van der Waals surface area contributed by atoms with E-state index >= 15 is 0 Å². The van der Waals surface area contributed by atoms with Crippen LogP contribution in [0.25, 0.3) is 0 Å². The van der Waals surface area contributed by atoms with Gasteiger partial charge in [0.15, 0.2) is 0 Å². The first-order chi connectivity index (χ1) is 8.24. The number of nitriles is 1. The molecule has 0 aliphatic carbocycles. The fraction of sp³-hybridized carbons (Fsp3) is 0.385. The van der Waals surface area contributed by atoms with Crippen LogP contribution in [-0.2, 0) is 11.2 Å². The van der Waals surface area contributed by atoms with Crippen molar-refractivity contribution in [3.05, 3.63) is 35.9 Å². The Morgan fingerprint density at radius 1 is 1.41 bits per heavy atom. The molecule has 0 heterocycles. The maximum Gasteiger partial charge on any atom is 0.316 e. The van der Waals surface area contributed by atoms with Crippen molar-refractivity contribution in [2.45, 2.75) is 24.5 Å². The number of aryl methyl sites for hydroxylation is 1. The number of carboxylic acids is 1. The van der Waals surface area contributed by atoms with Crippen LogP contribution in [0.15, 0.2) is 30.3 Å². The van der Waals surface area contributed by atoms with Crippen LogP contribution in [0.4, 0.5) is 0 Å². The van der Waals surface area contributed by atoms with Crippen LogP contribution in [0, 0.1) is 11.3 Å². The van der Waals surface area contributed by atoms with Crippen molar-refractivity contribution >= 4 is 17.7 Å². The second kappa shape index (κ2) is 7.75. The Hall–Kier alpha value is -1.47. The first-order valence-electron chi connectivity index (χ1n) is 5.49. The van der Waals surface area contributed by atoms with Gasteiger partial charge < -0.3 is 5.11 Å². The Labute approximate surface area is 105 Å². The molecular weight excluding hydrogens is 234 g/mol. The molecule has 1 N–H and O–H groups in total. The fourth-order valence-corrected chi connectivity index (χ4v) is 2.39. The Morgan fingerprint density at radius 2 is 2.12 bits per heavy atom. The third-order valence-electron chi connectivity index (χ3n) is 2.35. The zero-order valence-electron chi connectivity index (χ0n) is 9.50. The summed E-state index contributed by atoms with van der Waals surface area (Å²) in [4.78, 5) is 11.0. The van der Waals surface area contributed by atoms with E-state index in [0.717, 1.165) is 12.0 Å². The predicted molar refractivity (Wildman–Crippen MR) is 68.9 cm³/mol. The van der Waals surface area contributed by atoms with Crippen LogP contribution >= 0.6 is 11.8 Å². The van der Waals surface area contributed by atoms with E-state index in [9.17, 15) is 4.79 Å². The molecule has 0 bridgehead atoms. The average molecular weight is 249 g/mol. The van der Waals surface area contributed by atoms with Crippen LogP contribution in [0.1, 0.15) is 18.4 Å². The summed E-state index contributed by atoms with van der Waals surface area (Å²) >= 11 is 1.35. The lowest BCUT2D eigenvalue weighted by molar-refractivity contribution is -0.136. The summed E-state index contributed by atoms with van der Waals surface area (Å²) in [6.07, 6.45) is 1.77. The van der Waals surface area contributed by atoms with Crippen LogP contribution in [0.3, 0.4) is 0 Å². The van der Waals surface area contributed by atoms with E-state index in [1.165, 1.54) is 11.8 Å². The van der Waals surface area contributed by atoms with Crippen LogP contribution in [0.2, 0.25) is 0 Å². The first kappa shape index (κ1) is 13.6. The summed E-state index contributed by atoms with van der Waals surface area (Å²) in [5.74, 6) is -0.203. The molecule has 4 heteroatoms. The summed E-state index contributed by atoms with van der Waals surface area (Å²) in [5.41, 5.74) is 1.15. The third-order valence-corrected chi connectivity index (χ3v) is 3.63. The lowest BCUT2D eigenvalue weighted by atomic mass is 10.1. The Bertz CT molecular complexity index is 386. The normalized spacial score (nSPS) is 11.7. The molecular formula is C13H15NO2S. The summed E-state index contributed by atoms with van der Waals surface area (Å²) < 4.78 is 0. The molecule has 0 aliphatic heterocycles. The minimum absolute atomic E-state index is 0.403. The molecule has 0 saturated carbocycles. The van der Waals surface area contributed by atoms with Crippen LogP contribution < -0.4 is 0 Å². The van der Waals surface area contributed by atoms with E-state index in [1.807, 2.05) is 36.4 Å². The Balaban J connectivity index is 2.40. The number of hydrogen-bond donors (Lipinski definition) is 1. The smallest absolute Gasteiger partial charge is 0.316 e. The van der Waals surface area contributed by atoms with Crippen molar-refractivity contribution in [3.63, 3.8) is 0 Å². The minimum atomic E-state index is -0.788. The van der Waals surface area contributed by atoms with E-state index < -0.39 is 11.2 Å². The van der Waals surface area contributed by atoms with Crippen molar-refractivity contribution in [2.75, 3.05) is 5.75 Å². The van der Waals surface area contributed by atoms with Crippen molar-refractivity contribution in [1.29, 1.82) is 5.26 Å². The number of rotatable bonds is 7. The summed E-state index contributed by atoms with van der Waals surface area (Å²) in [6.45, 7) is 0. The number of carbonyl (C=O) groups is 1. The number of nitrogens with zero attached hydrogens (tertiary/aromatic N) is 1. The molecule has 90 valence electrons. The van der Waals surface area contributed by atoms with Gasteiger partial charge in [-0.25, -0.2) is 0 Å². The van der Waals surface area contributed by atoms with E-state index in [-0.39, 0.29) is 0 Å². The monoisotopic (exact) mass is 249 g/mol. The number of carboxylic acid groups (broad SMARTS) is 1. The molecule has 0 aliphatic rings. The SMILES string of the molecule is N#CCCSC(CCc1ccccc1)C(=O)O. The number of aliphatic carboxylic acids is 1. The Kier molecular flexibility index (Phi) is 6.19. The fourth-order valence-electron chi connectivity index (χ4n) is 1.47. The lowest BCUT2D eigenvalue weighted by Crippen LogP contribution is -2.17. The van der Waals surface area contributed by atoms with Gasteiger partial charge in [0.2, 0.25) is 0 Å². The van der Waals surface area contributed by atoms with Gasteiger partial charge in [-0.2, -0.15) is 5.26 Å². The maximum absolute atomic E-state index is 11.0. The second-order valence-corrected chi connectivity index (χ2v) is 4.94. The molecule has 1 atom stereocenters. The van der Waals surface area contributed by atoms with Gasteiger partial charge in [0, 0.05) is 12.2 Å². The van der Waals surface area contributed by atoms with E-state index in [2.05, 4.69) is 0 Å². The average Bonchev–Trinajstić information content (AvgIpc) is 2.34. The highest BCUT2D eigenvalue weighted by molar-refractivity contribution is 8.00. The first-order valence-corrected chi connectivity index (χ1v) is 6.54. The molecule has 1 rings (SSSR count). The van der Waals surface area contributed by atoms with Crippen LogP contribution in [0.5, 0.6) is 0 Å². The molecule has 0 spiro atoms. The van der Waals surface area contributed by atoms with Crippen molar-refractivity contribution < 1.29 is 9.90 Å². The van der Waals surface area contributed by atoms with E-state index in [0.29, 0.717) is 18.6 Å². The van der Waals surface area contributed by atoms with Gasteiger partial charge in [0.25, 0.3) is 0 Å². The second-order valence-electron chi connectivity index (χ2n) is 3.63. The minimum Gasteiger partial charge on any atom is -0.480 e. The van der Waals surface area contributed by atoms with E-state index in [1.54, 1.807) is 0 Å². The summed E-state index contributed by atoms with van der Waals surface area (Å²) in [6, 6.07) is 11.9. The van der Waals surface area contributed by atoms with Gasteiger partial charge in [-0.3, -0.25) is 4.79 Å². The number of thioether (sulfide) groups is 1. The van der Waals surface area contributed by atoms with Gasteiger partial charge in [0.1, 0.15) is 5.25 Å². The third kappa shape index (κ3) is 5.41. The summed E-state index contributed by atoms with van der Waals surface area (Å²) in [7, 11) is 0. The highest BCUT2D eigenvalue weighted by Crippen LogP contribution is 2.18. The van der Waals surface area contributed by atoms with Crippen LogP contribution in [-0.4, -0.2) is 22.1 Å². The molecule has 0 fully saturated rings. The largest absolute Gasteiger partial charge is 0.480 e.